The third-order valence-corrected chi connectivity index (χ3v) is 13.1. The van der Waals surface area contributed by atoms with Crippen molar-refractivity contribution in [3.05, 3.63) is 92.7 Å². The van der Waals surface area contributed by atoms with Crippen LogP contribution in [0.2, 0.25) is 10.0 Å². The van der Waals surface area contributed by atoms with Gasteiger partial charge in [0.25, 0.3) is 0 Å². The molecule has 2 aliphatic carbocycles. The molecule has 4 aromatic rings. The highest BCUT2D eigenvalue weighted by Crippen LogP contribution is 2.55. The number of rotatable bonds is 3. The smallest absolute Gasteiger partial charge is 0.140 e. The van der Waals surface area contributed by atoms with Crippen LogP contribution >= 0.6 is 23.2 Å². The van der Waals surface area contributed by atoms with Crippen molar-refractivity contribution in [1.29, 1.82) is 0 Å². The summed E-state index contributed by atoms with van der Waals surface area (Å²) in [5.74, 6) is 3.12. The van der Waals surface area contributed by atoms with Gasteiger partial charge in [-0.1, -0.05) is 37.0 Å². The second-order valence-corrected chi connectivity index (χ2v) is 16.2. The van der Waals surface area contributed by atoms with Gasteiger partial charge in [0, 0.05) is 94.0 Å². The van der Waals surface area contributed by atoms with Gasteiger partial charge in [-0.2, -0.15) is 0 Å². The molecule has 2 aromatic carbocycles. The van der Waals surface area contributed by atoms with Gasteiger partial charge in [0.15, 0.2) is 0 Å². The van der Waals surface area contributed by atoms with Gasteiger partial charge in [0.05, 0.1) is 0 Å². The fraction of sp³-hybridized carbons (Fsp3) is 0.474. The molecule has 246 valence electrons. The maximum absolute atomic E-state index is 6.72. The lowest BCUT2D eigenvalue weighted by molar-refractivity contribution is 0.0111. The number of halogens is 2. The zero-order chi connectivity index (χ0) is 32.4. The maximum Gasteiger partial charge on any atom is 0.140 e. The van der Waals surface area contributed by atoms with E-state index >= 15 is 0 Å². The molecule has 6 aliphatic rings. The van der Waals surface area contributed by atoms with E-state index in [1.807, 2.05) is 12.1 Å². The van der Waals surface area contributed by atoms with Gasteiger partial charge in [0.2, 0.25) is 0 Å². The number of hydrazine groups is 1. The topological polar surface area (TPSA) is 64.5 Å². The Morgan fingerprint density at radius 3 is 1.54 bits per heavy atom. The molecule has 2 spiro atoms. The number of hydrogen-bond donors (Lipinski definition) is 0. The predicted octanol–water partition coefficient (Wildman–Crippen LogP) is 7.48. The van der Waals surface area contributed by atoms with Crippen molar-refractivity contribution in [2.24, 2.45) is 0 Å². The molecule has 0 saturated carbocycles. The van der Waals surface area contributed by atoms with E-state index in [9.17, 15) is 0 Å². The number of aromatic nitrogens is 4. The fourth-order valence-electron chi connectivity index (χ4n) is 10.2. The second-order valence-electron chi connectivity index (χ2n) is 15.3. The van der Waals surface area contributed by atoms with E-state index in [1.165, 1.54) is 45.0 Å². The molecule has 0 bridgehead atoms. The van der Waals surface area contributed by atoms with Crippen molar-refractivity contribution in [3.8, 4) is 0 Å². The quantitative estimate of drug-likeness (QED) is 0.221. The minimum absolute atomic E-state index is 0.0176. The van der Waals surface area contributed by atoms with Gasteiger partial charge in [-0.25, -0.2) is 30.0 Å². The fourth-order valence-corrected chi connectivity index (χ4v) is 10.6. The summed E-state index contributed by atoms with van der Waals surface area (Å²) in [7, 11) is 0. The standard InChI is InChI=1S/C38H40Cl2N8/c1-23-3-7-29-33(23)35(43-21-41-29)47-19-37(27-15-25(39)5-9-31(27)47)11-13-45(17-37)46-14-12-38(18-46)20-48(32-10-6-26(40)16-28(32)38)36-34-24(2)4-8-30(34)42-22-44-36/h5-6,9-10,15-16,21-24H,3-4,7-8,11-14,17-20H2,1-2H3/t23-,24-,37-,38+/m1/s1. The number of anilines is 4. The second kappa shape index (κ2) is 10.6. The molecule has 2 saturated heterocycles. The first-order valence-electron chi connectivity index (χ1n) is 17.7. The lowest BCUT2D eigenvalue weighted by Crippen LogP contribution is -2.45. The molecular weight excluding hydrogens is 639 g/mol. The number of fused-ring (bicyclic) bond motifs is 6. The Labute approximate surface area is 292 Å². The molecule has 2 fully saturated rings. The number of nitrogens with zero attached hydrogens (tertiary/aromatic N) is 8. The highest BCUT2D eigenvalue weighted by atomic mass is 35.5. The number of hydrogen-bond acceptors (Lipinski definition) is 8. The van der Waals surface area contributed by atoms with Crippen molar-refractivity contribution in [2.45, 2.75) is 75.0 Å². The summed E-state index contributed by atoms with van der Waals surface area (Å²) in [6, 6.07) is 13.0. The van der Waals surface area contributed by atoms with Crippen molar-refractivity contribution in [1.82, 2.24) is 30.0 Å². The van der Waals surface area contributed by atoms with Crippen LogP contribution in [0.5, 0.6) is 0 Å². The van der Waals surface area contributed by atoms with Gasteiger partial charge in [0.1, 0.15) is 24.3 Å². The molecule has 4 aliphatic heterocycles. The van der Waals surface area contributed by atoms with Crippen LogP contribution in [0.15, 0.2) is 49.1 Å². The summed E-state index contributed by atoms with van der Waals surface area (Å²) in [5, 5.41) is 6.90. The average molecular weight is 680 g/mol. The van der Waals surface area contributed by atoms with Crippen LogP contribution in [0.3, 0.4) is 0 Å². The normalized spacial score (nSPS) is 29.0. The molecule has 0 amide bonds. The van der Waals surface area contributed by atoms with E-state index in [0.29, 0.717) is 11.8 Å². The summed E-state index contributed by atoms with van der Waals surface area (Å²) in [4.78, 5) is 24.2. The SMILES string of the molecule is C[C@@H]1CCc2ncnc(N3C[C@]4(CCN(N5CC[C@@]6(CN(c7ncnc8c7[C@H](C)CC8)c7ccc(Cl)cc76)C5)C4)c4cc(Cl)ccc43)c21. The molecule has 10 heteroatoms. The summed E-state index contributed by atoms with van der Waals surface area (Å²) < 4.78 is 0. The summed E-state index contributed by atoms with van der Waals surface area (Å²) in [6.07, 6.45) is 10.1. The van der Waals surface area contributed by atoms with E-state index in [0.717, 1.165) is 99.5 Å². The Hall–Kier alpha value is -3.30. The van der Waals surface area contributed by atoms with E-state index in [4.69, 9.17) is 33.2 Å². The monoisotopic (exact) mass is 678 g/mol. The van der Waals surface area contributed by atoms with Gasteiger partial charge >= 0.3 is 0 Å². The Balaban J connectivity index is 0.963. The number of benzene rings is 2. The molecule has 48 heavy (non-hydrogen) atoms. The van der Waals surface area contributed by atoms with Gasteiger partial charge in [-0.05, 0) is 97.9 Å². The lowest BCUT2D eigenvalue weighted by Gasteiger charge is -2.33. The Morgan fingerprint density at radius 2 is 1.08 bits per heavy atom. The third kappa shape index (κ3) is 4.22. The minimum atomic E-state index is -0.0176. The molecule has 6 heterocycles. The van der Waals surface area contributed by atoms with Gasteiger partial charge < -0.3 is 9.80 Å². The largest absolute Gasteiger partial charge is 0.325 e. The van der Waals surface area contributed by atoms with Crippen molar-refractivity contribution >= 4 is 46.2 Å². The summed E-state index contributed by atoms with van der Waals surface area (Å²) in [5.41, 5.74) is 10.3. The highest BCUT2D eigenvalue weighted by molar-refractivity contribution is 6.31. The Bertz CT molecular complexity index is 1840. The van der Waals surface area contributed by atoms with Gasteiger partial charge in [-0.15, -0.1) is 0 Å². The molecule has 0 unspecified atom stereocenters. The first-order chi connectivity index (χ1) is 23.3. The zero-order valence-corrected chi connectivity index (χ0v) is 29.1. The first kappa shape index (κ1) is 29.6. The zero-order valence-electron chi connectivity index (χ0n) is 27.6. The van der Waals surface area contributed by atoms with Crippen LogP contribution in [-0.4, -0.2) is 69.2 Å². The van der Waals surface area contributed by atoms with E-state index in [2.05, 4.69) is 67.9 Å². The maximum atomic E-state index is 6.72. The van der Waals surface area contributed by atoms with Crippen molar-refractivity contribution in [2.75, 3.05) is 49.1 Å². The minimum Gasteiger partial charge on any atom is -0.325 e. The molecule has 8 nitrogen and oxygen atoms in total. The van der Waals surface area contributed by atoms with Crippen LogP contribution in [-0.2, 0) is 23.7 Å². The predicted molar refractivity (Wildman–Crippen MR) is 190 cm³/mol. The van der Waals surface area contributed by atoms with Crippen LogP contribution < -0.4 is 9.80 Å². The molecule has 10 rings (SSSR count). The molecular formula is C38H40Cl2N8. The molecule has 2 aromatic heterocycles. The number of aryl methyl sites for hydroxylation is 2. The van der Waals surface area contributed by atoms with E-state index < -0.39 is 0 Å². The third-order valence-electron chi connectivity index (χ3n) is 12.6. The first-order valence-corrected chi connectivity index (χ1v) is 18.4. The van der Waals surface area contributed by atoms with Crippen LogP contribution in [0.4, 0.5) is 23.0 Å². The van der Waals surface area contributed by atoms with E-state index in [1.54, 1.807) is 12.7 Å². The van der Waals surface area contributed by atoms with E-state index in [-0.39, 0.29) is 10.8 Å². The molecule has 0 N–H and O–H groups in total. The summed E-state index contributed by atoms with van der Waals surface area (Å²) in [6.45, 7) is 10.5. The van der Waals surface area contributed by atoms with Crippen molar-refractivity contribution in [3.63, 3.8) is 0 Å². The molecule has 4 atom stereocenters. The summed E-state index contributed by atoms with van der Waals surface area (Å²) >= 11 is 13.4. The van der Waals surface area contributed by atoms with Gasteiger partial charge in [-0.3, -0.25) is 0 Å². The van der Waals surface area contributed by atoms with Crippen LogP contribution in [0.25, 0.3) is 0 Å². The molecule has 0 radical (unpaired) electrons. The lowest BCUT2D eigenvalue weighted by atomic mass is 9.81. The van der Waals surface area contributed by atoms with Crippen molar-refractivity contribution < 1.29 is 0 Å². The Kier molecular flexibility index (Phi) is 6.54. The highest BCUT2D eigenvalue weighted by Gasteiger charge is 2.54. The Morgan fingerprint density at radius 1 is 0.625 bits per heavy atom. The van der Waals surface area contributed by atoms with Crippen LogP contribution in [0.1, 0.15) is 85.0 Å². The van der Waals surface area contributed by atoms with Crippen LogP contribution in [0, 0.1) is 0 Å². The average Bonchev–Trinajstić information content (AvgIpc) is 3.95.